The van der Waals surface area contributed by atoms with Crippen LogP contribution in [0.3, 0.4) is 0 Å². The zero-order valence-corrected chi connectivity index (χ0v) is 18.3. The summed E-state index contributed by atoms with van der Waals surface area (Å²) in [6, 6.07) is 10.5. The number of esters is 1. The van der Waals surface area contributed by atoms with Crippen LogP contribution < -0.4 is 10.6 Å². The van der Waals surface area contributed by atoms with Gasteiger partial charge in [-0.1, -0.05) is 12.1 Å². The Morgan fingerprint density at radius 1 is 1.19 bits per heavy atom. The van der Waals surface area contributed by atoms with Crippen molar-refractivity contribution in [1.29, 1.82) is 5.26 Å². The zero-order chi connectivity index (χ0) is 22.7. The fourth-order valence-electron chi connectivity index (χ4n) is 3.22. The third kappa shape index (κ3) is 5.08. The summed E-state index contributed by atoms with van der Waals surface area (Å²) in [4.78, 5) is 42.0. The first-order valence-electron chi connectivity index (χ1n) is 10.4. The molecular formula is C23H22N4O4S. The third-order valence-corrected chi connectivity index (χ3v) is 5.90. The van der Waals surface area contributed by atoms with Gasteiger partial charge in [0.2, 0.25) is 0 Å². The van der Waals surface area contributed by atoms with Crippen molar-refractivity contribution in [2.24, 2.45) is 0 Å². The van der Waals surface area contributed by atoms with Gasteiger partial charge in [-0.15, -0.1) is 11.8 Å². The maximum absolute atomic E-state index is 12.7. The average Bonchev–Trinajstić information content (AvgIpc) is 3.71. The van der Waals surface area contributed by atoms with Crippen LogP contribution in [0.2, 0.25) is 0 Å². The van der Waals surface area contributed by atoms with Crippen molar-refractivity contribution in [3.05, 3.63) is 52.7 Å². The SMILES string of the molecule is CSc1nc(C2CC2)cc(C(=O)OCC(=O)Nc2ccccc2C(=O)NC2CC2)c1C#N. The Balaban J connectivity index is 1.43. The summed E-state index contributed by atoms with van der Waals surface area (Å²) in [7, 11) is 0. The number of pyridine rings is 1. The molecule has 0 radical (unpaired) electrons. The Kier molecular flexibility index (Phi) is 6.42. The average molecular weight is 451 g/mol. The van der Waals surface area contributed by atoms with Crippen LogP contribution in [-0.4, -0.2) is 41.7 Å². The zero-order valence-electron chi connectivity index (χ0n) is 17.5. The number of thioether (sulfide) groups is 1. The fourth-order valence-corrected chi connectivity index (χ4v) is 3.78. The molecule has 2 N–H and O–H groups in total. The van der Waals surface area contributed by atoms with E-state index in [0.29, 0.717) is 22.2 Å². The van der Waals surface area contributed by atoms with Crippen molar-refractivity contribution < 1.29 is 19.1 Å². The maximum atomic E-state index is 12.7. The van der Waals surface area contributed by atoms with Crippen LogP contribution in [0, 0.1) is 11.3 Å². The molecule has 2 aromatic rings. The summed E-state index contributed by atoms with van der Waals surface area (Å²) >= 11 is 1.29. The highest BCUT2D eigenvalue weighted by molar-refractivity contribution is 7.98. The Labute approximate surface area is 189 Å². The third-order valence-electron chi connectivity index (χ3n) is 5.22. The Morgan fingerprint density at radius 3 is 2.59 bits per heavy atom. The highest BCUT2D eigenvalue weighted by Gasteiger charge is 2.29. The van der Waals surface area contributed by atoms with E-state index < -0.39 is 18.5 Å². The van der Waals surface area contributed by atoms with Gasteiger partial charge in [-0.25, -0.2) is 9.78 Å². The van der Waals surface area contributed by atoms with Crippen LogP contribution in [0.15, 0.2) is 35.4 Å². The molecule has 4 rings (SSSR count). The van der Waals surface area contributed by atoms with Gasteiger partial charge in [0, 0.05) is 17.7 Å². The fraction of sp³-hybridized carbons (Fsp3) is 0.348. The number of ether oxygens (including phenoxy) is 1. The monoisotopic (exact) mass is 450 g/mol. The summed E-state index contributed by atoms with van der Waals surface area (Å²) in [5, 5.41) is 15.5. The van der Waals surface area contributed by atoms with Gasteiger partial charge in [0.1, 0.15) is 11.1 Å². The minimum atomic E-state index is -0.754. The van der Waals surface area contributed by atoms with Crippen molar-refractivity contribution in [3.8, 4) is 6.07 Å². The van der Waals surface area contributed by atoms with E-state index in [1.54, 1.807) is 36.6 Å². The molecule has 0 atom stereocenters. The first kappa shape index (κ1) is 21.8. The van der Waals surface area contributed by atoms with Gasteiger partial charge in [-0.05, 0) is 50.1 Å². The number of nitrogens with zero attached hydrogens (tertiary/aromatic N) is 2. The highest BCUT2D eigenvalue weighted by Crippen LogP contribution is 2.40. The van der Waals surface area contributed by atoms with Crippen LogP contribution in [0.5, 0.6) is 0 Å². The molecule has 0 spiro atoms. The number of para-hydroxylation sites is 1. The number of benzene rings is 1. The van der Waals surface area contributed by atoms with Crippen molar-refractivity contribution in [2.75, 3.05) is 18.2 Å². The predicted octanol–water partition coefficient (Wildman–Crippen LogP) is 3.24. The van der Waals surface area contributed by atoms with Gasteiger partial charge in [-0.2, -0.15) is 5.26 Å². The molecule has 1 aromatic carbocycles. The lowest BCUT2D eigenvalue weighted by atomic mass is 10.1. The molecule has 2 amide bonds. The molecule has 0 bridgehead atoms. The van der Waals surface area contributed by atoms with Crippen molar-refractivity contribution in [1.82, 2.24) is 10.3 Å². The van der Waals surface area contributed by atoms with Gasteiger partial charge in [-0.3, -0.25) is 9.59 Å². The lowest BCUT2D eigenvalue weighted by molar-refractivity contribution is -0.119. The molecule has 2 aliphatic rings. The lowest BCUT2D eigenvalue weighted by Gasteiger charge is -2.12. The molecule has 8 nitrogen and oxygen atoms in total. The van der Waals surface area contributed by atoms with Crippen LogP contribution >= 0.6 is 11.8 Å². The topological polar surface area (TPSA) is 121 Å². The Morgan fingerprint density at radius 2 is 1.94 bits per heavy atom. The molecule has 0 saturated heterocycles. The molecule has 2 fully saturated rings. The van der Waals surface area contributed by atoms with Crippen LogP contribution in [0.1, 0.15) is 63.6 Å². The number of anilines is 1. The number of hydrogen-bond donors (Lipinski definition) is 2. The lowest BCUT2D eigenvalue weighted by Crippen LogP contribution is -2.28. The molecule has 2 aliphatic carbocycles. The summed E-state index contributed by atoms with van der Waals surface area (Å²) in [6.45, 7) is -0.544. The summed E-state index contributed by atoms with van der Waals surface area (Å²) in [6.07, 6.45) is 5.70. The van der Waals surface area contributed by atoms with Gasteiger partial charge >= 0.3 is 5.97 Å². The second-order valence-corrected chi connectivity index (χ2v) is 8.58. The maximum Gasteiger partial charge on any atom is 0.340 e. The second kappa shape index (κ2) is 9.40. The number of aromatic nitrogens is 1. The quantitative estimate of drug-likeness (QED) is 0.468. The summed E-state index contributed by atoms with van der Waals surface area (Å²) < 4.78 is 5.19. The predicted molar refractivity (Wildman–Crippen MR) is 119 cm³/mol. The van der Waals surface area contributed by atoms with Crippen molar-refractivity contribution in [3.63, 3.8) is 0 Å². The smallest absolute Gasteiger partial charge is 0.340 e. The summed E-state index contributed by atoms with van der Waals surface area (Å²) in [5.74, 6) is -1.30. The largest absolute Gasteiger partial charge is 0.452 e. The molecule has 1 aromatic heterocycles. The van der Waals surface area contributed by atoms with E-state index in [2.05, 4.69) is 15.6 Å². The van der Waals surface area contributed by atoms with Crippen molar-refractivity contribution in [2.45, 2.75) is 42.7 Å². The second-order valence-electron chi connectivity index (χ2n) is 7.78. The number of carbonyl (C=O) groups is 3. The molecule has 32 heavy (non-hydrogen) atoms. The molecule has 1 heterocycles. The summed E-state index contributed by atoms with van der Waals surface area (Å²) in [5.41, 5.74) is 1.72. The number of nitrogens with one attached hydrogen (secondary N) is 2. The highest BCUT2D eigenvalue weighted by atomic mass is 32.2. The number of nitriles is 1. The number of amides is 2. The minimum absolute atomic E-state index is 0.116. The van der Waals surface area contributed by atoms with Crippen LogP contribution in [0.4, 0.5) is 5.69 Å². The van der Waals surface area contributed by atoms with Crippen molar-refractivity contribution >= 4 is 35.2 Å². The van der Waals surface area contributed by atoms with E-state index in [1.807, 2.05) is 6.07 Å². The Hall–Kier alpha value is -3.38. The van der Waals surface area contributed by atoms with E-state index in [1.165, 1.54) is 11.8 Å². The molecule has 9 heteroatoms. The minimum Gasteiger partial charge on any atom is -0.452 e. The Bertz CT molecular complexity index is 1120. The standard InChI is InChI=1S/C23H22N4O4S/c1-32-22-17(11-24)16(10-19(27-22)13-6-7-13)23(30)31-12-20(28)26-18-5-3-2-4-15(18)21(29)25-14-8-9-14/h2-5,10,13-14H,6-9,12H2,1H3,(H,25,29)(H,26,28). The van der Waals surface area contributed by atoms with E-state index in [-0.39, 0.29) is 23.1 Å². The van der Waals surface area contributed by atoms with Gasteiger partial charge < -0.3 is 15.4 Å². The van der Waals surface area contributed by atoms with Gasteiger partial charge in [0.25, 0.3) is 11.8 Å². The van der Waals surface area contributed by atoms with E-state index in [4.69, 9.17) is 4.74 Å². The number of carbonyl (C=O) groups excluding carboxylic acids is 3. The van der Waals surface area contributed by atoms with E-state index in [0.717, 1.165) is 31.4 Å². The molecule has 0 unspecified atom stereocenters. The normalized spacial score (nSPS) is 14.9. The molecular weight excluding hydrogens is 428 g/mol. The van der Waals surface area contributed by atoms with Gasteiger partial charge in [0.05, 0.1) is 22.4 Å². The van der Waals surface area contributed by atoms with Crippen LogP contribution in [0.25, 0.3) is 0 Å². The number of hydrogen-bond acceptors (Lipinski definition) is 7. The first-order valence-corrected chi connectivity index (χ1v) is 11.6. The first-order chi connectivity index (χ1) is 15.5. The van der Waals surface area contributed by atoms with Crippen LogP contribution in [-0.2, 0) is 9.53 Å². The van der Waals surface area contributed by atoms with E-state index in [9.17, 15) is 19.6 Å². The molecule has 2 saturated carbocycles. The molecule has 0 aliphatic heterocycles. The van der Waals surface area contributed by atoms with E-state index >= 15 is 0 Å². The number of rotatable bonds is 8. The van der Waals surface area contributed by atoms with Gasteiger partial charge in [0.15, 0.2) is 6.61 Å². The molecule has 164 valence electrons.